The molecule has 1 aromatic heterocycles. The number of aromatic nitrogens is 1. The van der Waals surface area contributed by atoms with Gasteiger partial charge in [0.05, 0.1) is 6.61 Å². The number of esters is 1. The second-order valence-electron chi connectivity index (χ2n) is 2.48. The summed E-state index contributed by atoms with van der Waals surface area (Å²) in [5.74, 6) is -0.270. The Balaban J connectivity index is 0.00000144. The predicted octanol–water partition coefficient (Wildman–Crippen LogP) is -2.31. The lowest BCUT2D eigenvalue weighted by molar-refractivity contribution is -0.671. The molecule has 1 rings (SSSR count). The summed E-state index contributed by atoms with van der Waals surface area (Å²) >= 11 is 0. The molecule has 0 N–H and O–H groups in total. The van der Waals surface area contributed by atoms with Gasteiger partial charge >= 0.3 is 5.97 Å². The first-order valence-electron chi connectivity index (χ1n) is 3.86. The number of pyridine rings is 1. The summed E-state index contributed by atoms with van der Waals surface area (Å²) in [5, 5.41) is 0. The molecule has 0 bridgehead atoms. The standard InChI is InChI=1S/C9H12NO2.ClH/c1-3-12-9(11)8-5-4-6-10(2)7-8;/h4-7H,3H2,1-2H3;1H/q+1;/p-1. The van der Waals surface area contributed by atoms with E-state index in [4.69, 9.17) is 4.74 Å². The zero-order valence-electron chi connectivity index (χ0n) is 7.66. The average molecular weight is 202 g/mol. The van der Waals surface area contributed by atoms with Gasteiger partial charge in [-0.1, -0.05) is 0 Å². The third-order valence-electron chi connectivity index (χ3n) is 1.45. The number of nitrogens with zero attached hydrogens (tertiary/aromatic N) is 1. The highest BCUT2D eigenvalue weighted by molar-refractivity contribution is 5.88. The fraction of sp³-hybridized carbons (Fsp3) is 0.333. The van der Waals surface area contributed by atoms with Crippen LogP contribution in [0.1, 0.15) is 17.3 Å². The van der Waals surface area contributed by atoms with Crippen LogP contribution < -0.4 is 17.0 Å². The van der Waals surface area contributed by atoms with Crippen LogP contribution in [-0.4, -0.2) is 12.6 Å². The molecular weight excluding hydrogens is 190 g/mol. The molecule has 3 nitrogen and oxygen atoms in total. The van der Waals surface area contributed by atoms with Crippen LogP contribution >= 0.6 is 0 Å². The van der Waals surface area contributed by atoms with Gasteiger partial charge in [-0.25, -0.2) is 9.36 Å². The quantitative estimate of drug-likeness (QED) is 0.398. The van der Waals surface area contributed by atoms with E-state index < -0.39 is 0 Å². The number of rotatable bonds is 2. The molecule has 0 aromatic carbocycles. The molecule has 0 fully saturated rings. The van der Waals surface area contributed by atoms with Crippen LogP contribution in [0.15, 0.2) is 24.5 Å². The molecule has 0 aliphatic carbocycles. The first kappa shape index (κ1) is 11.9. The smallest absolute Gasteiger partial charge is 0.344 e. The summed E-state index contributed by atoms with van der Waals surface area (Å²) in [6, 6.07) is 3.55. The number of hydrogen-bond acceptors (Lipinski definition) is 2. The van der Waals surface area contributed by atoms with E-state index in [0.717, 1.165) is 0 Å². The van der Waals surface area contributed by atoms with Gasteiger partial charge in [0.1, 0.15) is 12.6 Å². The predicted molar refractivity (Wildman–Crippen MR) is 43.6 cm³/mol. The van der Waals surface area contributed by atoms with Gasteiger partial charge in [0.25, 0.3) is 0 Å². The Morgan fingerprint density at radius 1 is 1.62 bits per heavy atom. The monoisotopic (exact) mass is 201 g/mol. The number of aryl methyl sites for hydroxylation is 1. The SMILES string of the molecule is CCOC(=O)c1ccc[n+](C)c1.[Cl-]. The maximum absolute atomic E-state index is 11.2. The average Bonchev–Trinajstić information content (AvgIpc) is 2.05. The van der Waals surface area contributed by atoms with Crippen molar-refractivity contribution in [3.8, 4) is 0 Å². The zero-order chi connectivity index (χ0) is 8.97. The Morgan fingerprint density at radius 3 is 2.85 bits per heavy atom. The van der Waals surface area contributed by atoms with Crippen molar-refractivity contribution < 1.29 is 26.5 Å². The van der Waals surface area contributed by atoms with Gasteiger partial charge in [0, 0.05) is 6.07 Å². The largest absolute Gasteiger partial charge is 1.00 e. The van der Waals surface area contributed by atoms with Crippen LogP contribution in [-0.2, 0) is 11.8 Å². The van der Waals surface area contributed by atoms with Gasteiger partial charge in [-0.2, -0.15) is 0 Å². The van der Waals surface area contributed by atoms with E-state index in [1.807, 2.05) is 23.9 Å². The Morgan fingerprint density at radius 2 is 2.31 bits per heavy atom. The normalized spacial score (nSPS) is 8.77. The lowest BCUT2D eigenvalue weighted by atomic mass is 10.3. The topological polar surface area (TPSA) is 30.2 Å². The highest BCUT2D eigenvalue weighted by Crippen LogP contribution is 1.96. The van der Waals surface area contributed by atoms with E-state index in [0.29, 0.717) is 12.2 Å². The lowest BCUT2D eigenvalue weighted by Crippen LogP contribution is -3.00. The third kappa shape index (κ3) is 3.42. The van der Waals surface area contributed by atoms with Crippen LogP contribution in [0.5, 0.6) is 0 Å². The summed E-state index contributed by atoms with van der Waals surface area (Å²) in [6.07, 6.45) is 3.60. The van der Waals surface area contributed by atoms with Gasteiger partial charge in [0.2, 0.25) is 0 Å². The van der Waals surface area contributed by atoms with Crippen molar-refractivity contribution in [3.05, 3.63) is 30.1 Å². The number of carbonyl (C=O) groups is 1. The number of hydrogen-bond donors (Lipinski definition) is 0. The van der Waals surface area contributed by atoms with Gasteiger partial charge in [-0.15, -0.1) is 0 Å². The first-order chi connectivity index (χ1) is 5.74. The second-order valence-corrected chi connectivity index (χ2v) is 2.48. The van der Waals surface area contributed by atoms with Crippen molar-refractivity contribution in [1.29, 1.82) is 0 Å². The van der Waals surface area contributed by atoms with Crippen LogP contribution in [0.25, 0.3) is 0 Å². The number of halogens is 1. The molecule has 0 aliphatic heterocycles. The zero-order valence-corrected chi connectivity index (χ0v) is 8.41. The lowest BCUT2D eigenvalue weighted by Gasteiger charge is -1.98. The molecule has 0 saturated carbocycles. The Hall–Kier alpha value is -1.09. The van der Waals surface area contributed by atoms with Crippen molar-refractivity contribution in [3.63, 3.8) is 0 Å². The maximum atomic E-state index is 11.2. The van der Waals surface area contributed by atoms with Gasteiger partial charge < -0.3 is 17.1 Å². The molecular formula is C9H12ClNO2. The van der Waals surface area contributed by atoms with E-state index in [9.17, 15) is 4.79 Å². The van der Waals surface area contributed by atoms with Crippen LogP contribution in [0.3, 0.4) is 0 Å². The molecule has 0 radical (unpaired) electrons. The van der Waals surface area contributed by atoms with Gasteiger partial charge in [-0.05, 0) is 13.0 Å². The van der Waals surface area contributed by atoms with Gasteiger partial charge in [0.15, 0.2) is 12.4 Å². The van der Waals surface area contributed by atoms with Gasteiger partial charge in [-0.3, -0.25) is 0 Å². The summed E-state index contributed by atoms with van der Waals surface area (Å²) in [4.78, 5) is 11.2. The molecule has 1 aromatic rings. The second kappa shape index (κ2) is 5.54. The maximum Gasteiger partial charge on any atom is 0.344 e. The van der Waals surface area contributed by atoms with Crippen molar-refractivity contribution in [2.24, 2.45) is 7.05 Å². The Kier molecular flexibility index (Phi) is 5.07. The van der Waals surface area contributed by atoms with E-state index in [1.54, 1.807) is 19.2 Å². The van der Waals surface area contributed by atoms with Crippen LogP contribution in [0.2, 0.25) is 0 Å². The van der Waals surface area contributed by atoms with Crippen molar-refractivity contribution in [2.75, 3.05) is 6.61 Å². The van der Waals surface area contributed by atoms with Crippen LogP contribution in [0, 0.1) is 0 Å². The Bertz CT molecular complexity index is 289. The van der Waals surface area contributed by atoms with E-state index in [1.165, 1.54) is 0 Å². The van der Waals surface area contributed by atoms with Crippen molar-refractivity contribution >= 4 is 5.97 Å². The van der Waals surface area contributed by atoms with Crippen LogP contribution in [0.4, 0.5) is 0 Å². The first-order valence-corrected chi connectivity index (χ1v) is 3.86. The molecule has 13 heavy (non-hydrogen) atoms. The van der Waals surface area contributed by atoms with E-state index in [-0.39, 0.29) is 18.4 Å². The highest BCUT2D eigenvalue weighted by Gasteiger charge is 2.08. The molecule has 0 spiro atoms. The number of ether oxygens (including phenoxy) is 1. The summed E-state index contributed by atoms with van der Waals surface area (Å²) in [5.41, 5.74) is 0.585. The minimum absolute atomic E-state index is 0. The Labute approximate surface area is 83.7 Å². The molecule has 0 amide bonds. The molecule has 0 saturated heterocycles. The van der Waals surface area contributed by atoms with E-state index >= 15 is 0 Å². The summed E-state index contributed by atoms with van der Waals surface area (Å²) < 4.78 is 6.64. The minimum Gasteiger partial charge on any atom is -1.00 e. The molecule has 72 valence electrons. The minimum atomic E-state index is -0.270. The highest BCUT2D eigenvalue weighted by atomic mass is 35.5. The van der Waals surface area contributed by atoms with Crippen molar-refractivity contribution in [1.82, 2.24) is 0 Å². The number of carbonyl (C=O) groups excluding carboxylic acids is 1. The molecule has 0 aliphatic rings. The molecule has 0 unspecified atom stereocenters. The molecule has 0 atom stereocenters. The fourth-order valence-corrected chi connectivity index (χ4v) is 0.923. The molecule has 1 heterocycles. The van der Waals surface area contributed by atoms with E-state index in [2.05, 4.69) is 0 Å². The molecule has 4 heteroatoms. The fourth-order valence-electron chi connectivity index (χ4n) is 0.923. The third-order valence-corrected chi connectivity index (χ3v) is 1.45. The van der Waals surface area contributed by atoms with Crippen molar-refractivity contribution in [2.45, 2.75) is 6.92 Å². The summed E-state index contributed by atoms with van der Waals surface area (Å²) in [6.45, 7) is 2.21. The summed E-state index contributed by atoms with van der Waals surface area (Å²) in [7, 11) is 1.86.